The van der Waals surface area contributed by atoms with Crippen LogP contribution in [0.1, 0.15) is 11.3 Å². The van der Waals surface area contributed by atoms with E-state index in [1.165, 1.54) is 27.4 Å². The molecule has 23 heavy (non-hydrogen) atoms. The van der Waals surface area contributed by atoms with Crippen LogP contribution in [0.2, 0.25) is 0 Å². The number of hydrazone groups is 1. The lowest BCUT2D eigenvalue weighted by atomic mass is 9.96. The normalized spacial score (nSPS) is 29.7. The van der Waals surface area contributed by atoms with Crippen molar-refractivity contribution >= 4 is 12.1 Å². The lowest BCUT2D eigenvalue weighted by Gasteiger charge is -2.24. The smallest absolute Gasteiger partial charge is 0.343 e. The van der Waals surface area contributed by atoms with Gasteiger partial charge in [-0.1, -0.05) is 0 Å². The van der Waals surface area contributed by atoms with Crippen LogP contribution in [0.4, 0.5) is 13.2 Å². The summed E-state index contributed by atoms with van der Waals surface area (Å²) in [6.45, 7) is 0. The number of likely N-dealkylation sites (N-methyl/N-ethyl adjacent to an activating group) is 1. The molecule has 0 bridgehead atoms. The number of carbonyl (C=O) groups excluding carboxylic acids is 1. The number of epoxide rings is 1. The van der Waals surface area contributed by atoms with Crippen molar-refractivity contribution in [2.75, 3.05) is 14.2 Å². The standard InChI is InChI=1S/C13H12F3N3O4/c1-18-8(5-4-7(9(18)20)13(14,15)16)11-6-17-19(2)10(21)12(11,22-3)23-11/h4-6H,1-3H3. The molecule has 1 aromatic heterocycles. The Balaban J connectivity index is 2.18. The van der Waals surface area contributed by atoms with Gasteiger partial charge in [0.1, 0.15) is 5.56 Å². The summed E-state index contributed by atoms with van der Waals surface area (Å²) >= 11 is 0. The molecule has 7 nitrogen and oxygen atoms in total. The lowest BCUT2D eigenvalue weighted by molar-refractivity contribution is -0.153. The summed E-state index contributed by atoms with van der Waals surface area (Å²) < 4.78 is 49.8. The molecule has 0 spiro atoms. The van der Waals surface area contributed by atoms with Crippen molar-refractivity contribution in [3.8, 4) is 0 Å². The fraction of sp³-hybridized carbons (Fsp3) is 0.462. The summed E-state index contributed by atoms with van der Waals surface area (Å²) in [6, 6.07) is 1.74. The van der Waals surface area contributed by atoms with E-state index in [0.717, 1.165) is 15.6 Å². The van der Waals surface area contributed by atoms with Crippen LogP contribution in [0.3, 0.4) is 0 Å². The van der Waals surface area contributed by atoms with Gasteiger partial charge in [-0.15, -0.1) is 0 Å². The van der Waals surface area contributed by atoms with Crippen LogP contribution in [0, 0.1) is 0 Å². The molecule has 2 atom stereocenters. The zero-order valence-corrected chi connectivity index (χ0v) is 12.3. The molecule has 3 rings (SSSR count). The van der Waals surface area contributed by atoms with Crippen molar-refractivity contribution < 1.29 is 27.4 Å². The van der Waals surface area contributed by atoms with Gasteiger partial charge in [-0.25, -0.2) is 5.01 Å². The maximum absolute atomic E-state index is 12.8. The second kappa shape index (κ2) is 4.42. The molecule has 1 saturated heterocycles. The highest BCUT2D eigenvalue weighted by molar-refractivity contribution is 5.99. The minimum absolute atomic E-state index is 0.0440. The zero-order chi connectivity index (χ0) is 17.2. The SMILES string of the molecule is COC12OC1(c1ccc(C(F)(F)F)c(=O)n1C)C=NN(C)C2=O. The third-order valence-corrected chi connectivity index (χ3v) is 4.02. The van der Waals surface area contributed by atoms with E-state index in [9.17, 15) is 22.8 Å². The quantitative estimate of drug-likeness (QED) is 0.737. The molecule has 0 aliphatic carbocycles. The Labute approximate surface area is 127 Å². The van der Waals surface area contributed by atoms with Crippen molar-refractivity contribution in [3.05, 3.63) is 33.7 Å². The minimum atomic E-state index is -4.77. The number of ether oxygens (including phenoxy) is 2. The number of amides is 1. The van der Waals surface area contributed by atoms with Gasteiger partial charge in [0.2, 0.25) is 5.60 Å². The molecular formula is C13H12F3N3O4. The van der Waals surface area contributed by atoms with Gasteiger partial charge in [-0.2, -0.15) is 18.3 Å². The molecule has 0 saturated carbocycles. The number of hydrogen-bond acceptors (Lipinski definition) is 5. The monoisotopic (exact) mass is 331 g/mol. The summed E-state index contributed by atoms with van der Waals surface area (Å²) in [5.74, 6) is -2.34. The van der Waals surface area contributed by atoms with Gasteiger partial charge in [0, 0.05) is 21.2 Å². The summed E-state index contributed by atoms with van der Waals surface area (Å²) in [5, 5.41) is 4.83. The van der Waals surface area contributed by atoms with Crippen LogP contribution < -0.4 is 5.56 Å². The van der Waals surface area contributed by atoms with E-state index in [1.807, 2.05) is 0 Å². The Morgan fingerprint density at radius 2 is 1.91 bits per heavy atom. The summed E-state index contributed by atoms with van der Waals surface area (Å²) in [6.07, 6.45) is -3.54. The number of aromatic nitrogens is 1. The van der Waals surface area contributed by atoms with E-state index in [2.05, 4.69) is 5.10 Å². The van der Waals surface area contributed by atoms with E-state index in [4.69, 9.17) is 9.47 Å². The Morgan fingerprint density at radius 1 is 1.26 bits per heavy atom. The van der Waals surface area contributed by atoms with Gasteiger partial charge >= 0.3 is 12.1 Å². The third kappa shape index (κ3) is 1.81. The van der Waals surface area contributed by atoms with Crippen LogP contribution in [-0.2, 0) is 33.1 Å². The number of hydrogen-bond donors (Lipinski definition) is 0. The highest BCUT2D eigenvalue weighted by atomic mass is 19.4. The number of methoxy groups -OCH3 is 1. The Kier molecular flexibility index (Phi) is 3.01. The Morgan fingerprint density at radius 3 is 2.48 bits per heavy atom. The predicted octanol–water partition coefficient (Wildman–Crippen LogP) is 0.430. The molecule has 124 valence electrons. The van der Waals surface area contributed by atoms with Crippen molar-refractivity contribution in [1.29, 1.82) is 0 Å². The predicted molar refractivity (Wildman–Crippen MR) is 70.5 cm³/mol. The molecule has 2 aliphatic rings. The number of pyridine rings is 1. The Bertz CT molecular complexity index is 788. The maximum Gasteiger partial charge on any atom is 0.421 e. The van der Waals surface area contributed by atoms with Gasteiger partial charge in [0.15, 0.2) is 0 Å². The average Bonchev–Trinajstić information content (AvgIpc) is 3.16. The maximum atomic E-state index is 12.8. The summed E-state index contributed by atoms with van der Waals surface area (Å²) in [7, 11) is 3.78. The van der Waals surface area contributed by atoms with Gasteiger partial charge < -0.3 is 14.0 Å². The van der Waals surface area contributed by atoms with Crippen LogP contribution in [0.15, 0.2) is 22.0 Å². The van der Waals surface area contributed by atoms with E-state index in [1.54, 1.807) is 0 Å². The molecule has 1 aromatic rings. The number of rotatable bonds is 2. The molecule has 1 amide bonds. The third-order valence-electron chi connectivity index (χ3n) is 4.02. The Hall–Kier alpha value is -2.20. The molecular weight excluding hydrogens is 319 g/mol. The zero-order valence-electron chi connectivity index (χ0n) is 12.3. The van der Waals surface area contributed by atoms with Crippen molar-refractivity contribution in [2.24, 2.45) is 12.1 Å². The highest BCUT2D eigenvalue weighted by Crippen LogP contribution is 2.57. The number of fused-ring (bicyclic) bond motifs is 1. The van der Waals surface area contributed by atoms with Gasteiger partial charge in [-0.3, -0.25) is 9.59 Å². The molecule has 10 heteroatoms. The highest BCUT2D eigenvalue weighted by Gasteiger charge is 2.80. The van der Waals surface area contributed by atoms with Crippen LogP contribution in [0.5, 0.6) is 0 Å². The number of halogens is 3. The number of alkyl halides is 3. The topological polar surface area (TPSA) is 76.4 Å². The van der Waals surface area contributed by atoms with Gasteiger partial charge in [0.25, 0.3) is 11.3 Å². The van der Waals surface area contributed by atoms with Crippen molar-refractivity contribution in [2.45, 2.75) is 17.6 Å². The lowest BCUT2D eigenvalue weighted by Crippen LogP contribution is -2.48. The second-order valence-corrected chi connectivity index (χ2v) is 5.23. The molecule has 0 aromatic carbocycles. The first-order valence-electron chi connectivity index (χ1n) is 6.47. The average molecular weight is 331 g/mol. The second-order valence-electron chi connectivity index (χ2n) is 5.23. The van der Waals surface area contributed by atoms with Crippen molar-refractivity contribution in [1.82, 2.24) is 9.58 Å². The first-order chi connectivity index (χ1) is 10.6. The van der Waals surface area contributed by atoms with Crippen LogP contribution in [0.25, 0.3) is 0 Å². The van der Waals surface area contributed by atoms with Crippen LogP contribution in [-0.4, -0.2) is 41.6 Å². The van der Waals surface area contributed by atoms with Gasteiger partial charge in [0.05, 0.1) is 11.9 Å². The van der Waals surface area contributed by atoms with E-state index in [0.29, 0.717) is 6.07 Å². The fourth-order valence-corrected chi connectivity index (χ4v) is 2.74. The molecule has 0 N–H and O–H groups in total. The van der Waals surface area contributed by atoms with Crippen molar-refractivity contribution in [3.63, 3.8) is 0 Å². The summed E-state index contributed by atoms with van der Waals surface area (Å²) in [5.41, 5.74) is -4.03. The van der Waals surface area contributed by atoms with Gasteiger partial charge in [-0.05, 0) is 12.1 Å². The molecule has 0 radical (unpaired) electrons. The number of nitrogens with zero attached hydrogens (tertiary/aromatic N) is 3. The molecule has 3 heterocycles. The summed E-state index contributed by atoms with van der Waals surface area (Å²) in [4.78, 5) is 24.2. The largest absolute Gasteiger partial charge is 0.421 e. The molecule has 2 aliphatic heterocycles. The molecule has 2 unspecified atom stereocenters. The van der Waals surface area contributed by atoms with E-state index in [-0.39, 0.29) is 5.69 Å². The number of carbonyl (C=O) groups is 1. The van der Waals surface area contributed by atoms with Crippen LogP contribution >= 0.6 is 0 Å². The first kappa shape index (κ1) is 15.7. The fourth-order valence-electron chi connectivity index (χ4n) is 2.74. The van der Waals surface area contributed by atoms with E-state index >= 15 is 0 Å². The first-order valence-corrected chi connectivity index (χ1v) is 6.47. The molecule has 1 fully saturated rings. The minimum Gasteiger partial charge on any atom is -0.343 e. The van der Waals surface area contributed by atoms with E-state index < -0.39 is 34.6 Å².